The highest BCUT2D eigenvalue weighted by atomic mass is 16.5. The molecule has 0 bridgehead atoms. The van der Waals surface area contributed by atoms with E-state index in [1.165, 1.54) is 0 Å². The topological polar surface area (TPSA) is 55.6 Å². The molecule has 0 aromatic heterocycles. The van der Waals surface area contributed by atoms with E-state index in [-0.39, 0.29) is 5.91 Å². The second-order valence-electron chi connectivity index (χ2n) is 4.79. The van der Waals surface area contributed by atoms with Crippen molar-refractivity contribution in [2.75, 3.05) is 19.4 Å². The van der Waals surface area contributed by atoms with Crippen LogP contribution in [0, 0.1) is 0 Å². The number of hydrogen-bond donors (Lipinski definition) is 1. The molecule has 4 nitrogen and oxygen atoms in total. The molecule has 0 heterocycles. The van der Waals surface area contributed by atoms with E-state index in [2.05, 4.69) is 0 Å². The smallest absolute Gasteiger partial charge is 0.257 e. The summed E-state index contributed by atoms with van der Waals surface area (Å²) < 4.78 is 5.51. The predicted octanol–water partition coefficient (Wildman–Crippen LogP) is 2.94. The lowest BCUT2D eigenvalue weighted by atomic mass is 10.1. The molecule has 21 heavy (non-hydrogen) atoms. The minimum absolute atomic E-state index is 0.0812. The van der Waals surface area contributed by atoms with E-state index >= 15 is 0 Å². The Hall–Kier alpha value is -2.49. The van der Waals surface area contributed by atoms with Crippen molar-refractivity contribution in [3.8, 4) is 5.75 Å². The van der Waals surface area contributed by atoms with Crippen molar-refractivity contribution in [3.05, 3.63) is 59.7 Å². The van der Waals surface area contributed by atoms with E-state index in [4.69, 9.17) is 10.5 Å². The summed E-state index contributed by atoms with van der Waals surface area (Å²) in [6.07, 6.45) is 0. The van der Waals surface area contributed by atoms with Gasteiger partial charge in [-0.2, -0.15) is 0 Å². The monoisotopic (exact) mass is 284 g/mol. The standard InChI is InChI=1S/C17H20N2O2/c1-3-21-16-11-7-5-9-14(16)17(20)19(2)12-13-8-4-6-10-15(13)18/h4-11H,3,12,18H2,1-2H3. The van der Waals surface area contributed by atoms with Gasteiger partial charge in [-0.3, -0.25) is 4.79 Å². The molecule has 2 rings (SSSR count). The summed E-state index contributed by atoms with van der Waals surface area (Å²) in [7, 11) is 1.76. The zero-order valence-corrected chi connectivity index (χ0v) is 12.4. The summed E-state index contributed by atoms with van der Waals surface area (Å²) in [5, 5.41) is 0. The number of rotatable bonds is 5. The molecule has 1 amide bonds. The van der Waals surface area contributed by atoms with Crippen molar-refractivity contribution in [1.29, 1.82) is 0 Å². The maximum atomic E-state index is 12.6. The van der Waals surface area contributed by atoms with E-state index in [1.54, 1.807) is 24.1 Å². The van der Waals surface area contributed by atoms with Crippen LogP contribution >= 0.6 is 0 Å². The molecule has 4 heteroatoms. The van der Waals surface area contributed by atoms with Gasteiger partial charge in [0.05, 0.1) is 12.2 Å². The van der Waals surface area contributed by atoms with Crippen LogP contribution < -0.4 is 10.5 Å². The summed E-state index contributed by atoms with van der Waals surface area (Å²) in [6, 6.07) is 14.8. The second kappa shape index (κ2) is 6.79. The summed E-state index contributed by atoms with van der Waals surface area (Å²) >= 11 is 0. The van der Waals surface area contributed by atoms with Crippen LogP contribution in [0.5, 0.6) is 5.75 Å². The molecule has 0 fully saturated rings. The Balaban J connectivity index is 2.18. The highest BCUT2D eigenvalue weighted by Crippen LogP contribution is 2.21. The van der Waals surface area contributed by atoms with Crippen molar-refractivity contribution < 1.29 is 9.53 Å². The number of ether oxygens (including phenoxy) is 1. The average molecular weight is 284 g/mol. The zero-order valence-electron chi connectivity index (χ0n) is 12.4. The van der Waals surface area contributed by atoms with Gasteiger partial charge in [0.1, 0.15) is 5.75 Å². The third-order valence-electron chi connectivity index (χ3n) is 3.23. The molecule has 0 aliphatic carbocycles. The van der Waals surface area contributed by atoms with Gasteiger partial charge in [-0.05, 0) is 30.7 Å². The number of para-hydroxylation sites is 2. The van der Waals surface area contributed by atoms with Crippen LogP contribution in [0.4, 0.5) is 5.69 Å². The van der Waals surface area contributed by atoms with Crippen molar-refractivity contribution in [2.45, 2.75) is 13.5 Å². The van der Waals surface area contributed by atoms with Gasteiger partial charge in [0.15, 0.2) is 0 Å². The number of carbonyl (C=O) groups is 1. The fraction of sp³-hybridized carbons (Fsp3) is 0.235. The molecule has 2 aromatic carbocycles. The summed E-state index contributed by atoms with van der Waals surface area (Å²) in [4.78, 5) is 14.2. The van der Waals surface area contributed by atoms with Gasteiger partial charge in [-0.25, -0.2) is 0 Å². The predicted molar refractivity (Wildman–Crippen MR) is 84.3 cm³/mol. The highest BCUT2D eigenvalue weighted by Gasteiger charge is 2.17. The first kappa shape index (κ1) is 14.9. The van der Waals surface area contributed by atoms with Crippen molar-refractivity contribution in [2.24, 2.45) is 0 Å². The lowest BCUT2D eigenvalue weighted by Crippen LogP contribution is -2.27. The van der Waals surface area contributed by atoms with E-state index in [0.717, 1.165) is 5.56 Å². The quantitative estimate of drug-likeness (QED) is 0.859. The first-order chi connectivity index (χ1) is 10.1. The SMILES string of the molecule is CCOc1ccccc1C(=O)N(C)Cc1ccccc1N. The molecular formula is C17H20N2O2. The van der Waals surface area contributed by atoms with Gasteiger partial charge in [-0.1, -0.05) is 30.3 Å². The van der Waals surface area contributed by atoms with Crippen molar-refractivity contribution >= 4 is 11.6 Å². The largest absolute Gasteiger partial charge is 0.493 e. The molecule has 0 atom stereocenters. The molecule has 0 radical (unpaired) electrons. The fourth-order valence-electron chi connectivity index (χ4n) is 2.14. The van der Waals surface area contributed by atoms with Crippen molar-refractivity contribution in [3.63, 3.8) is 0 Å². The Bertz CT molecular complexity index is 626. The van der Waals surface area contributed by atoms with Gasteiger partial charge in [-0.15, -0.1) is 0 Å². The molecule has 0 aliphatic heterocycles. The fourth-order valence-corrected chi connectivity index (χ4v) is 2.14. The Morgan fingerprint density at radius 1 is 1.14 bits per heavy atom. The molecule has 2 aromatic rings. The Labute approximate surface area is 125 Å². The van der Waals surface area contributed by atoms with Crippen LogP contribution in [0.3, 0.4) is 0 Å². The van der Waals surface area contributed by atoms with E-state index < -0.39 is 0 Å². The summed E-state index contributed by atoms with van der Waals surface area (Å²) in [6.45, 7) is 2.89. The Morgan fingerprint density at radius 3 is 2.52 bits per heavy atom. The molecule has 0 saturated carbocycles. The first-order valence-corrected chi connectivity index (χ1v) is 6.94. The minimum Gasteiger partial charge on any atom is -0.493 e. The van der Waals surface area contributed by atoms with Gasteiger partial charge < -0.3 is 15.4 Å². The average Bonchev–Trinajstić information content (AvgIpc) is 2.50. The lowest BCUT2D eigenvalue weighted by Gasteiger charge is -2.20. The molecule has 0 spiro atoms. The number of nitrogens with zero attached hydrogens (tertiary/aromatic N) is 1. The van der Waals surface area contributed by atoms with Gasteiger partial charge >= 0.3 is 0 Å². The summed E-state index contributed by atoms with van der Waals surface area (Å²) in [5.74, 6) is 0.528. The van der Waals surface area contributed by atoms with Gasteiger partial charge in [0.25, 0.3) is 5.91 Å². The van der Waals surface area contributed by atoms with Crippen LogP contribution in [-0.4, -0.2) is 24.5 Å². The second-order valence-corrected chi connectivity index (χ2v) is 4.79. The van der Waals surface area contributed by atoms with Crippen LogP contribution in [0.25, 0.3) is 0 Å². The molecule has 110 valence electrons. The normalized spacial score (nSPS) is 10.2. The third kappa shape index (κ3) is 3.54. The van der Waals surface area contributed by atoms with Crippen LogP contribution in [0.1, 0.15) is 22.8 Å². The number of nitrogen functional groups attached to an aromatic ring is 1. The third-order valence-corrected chi connectivity index (χ3v) is 3.23. The molecular weight excluding hydrogens is 264 g/mol. The molecule has 0 aliphatic rings. The molecule has 0 unspecified atom stereocenters. The maximum Gasteiger partial charge on any atom is 0.257 e. The number of amides is 1. The van der Waals surface area contributed by atoms with Crippen LogP contribution in [-0.2, 0) is 6.54 Å². The zero-order chi connectivity index (χ0) is 15.2. The van der Waals surface area contributed by atoms with Crippen LogP contribution in [0.15, 0.2) is 48.5 Å². The van der Waals surface area contributed by atoms with Gasteiger partial charge in [0, 0.05) is 19.3 Å². The summed E-state index contributed by atoms with van der Waals surface area (Å²) in [5.41, 5.74) is 8.11. The number of benzene rings is 2. The minimum atomic E-state index is -0.0812. The van der Waals surface area contributed by atoms with E-state index in [1.807, 2.05) is 43.3 Å². The number of nitrogens with two attached hydrogens (primary N) is 1. The van der Waals surface area contributed by atoms with E-state index in [9.17, 15) is 4.79 Å². The number of hydrogen-bond acceptors (Lipinski definition) is 3. The highest BCUT2D eigenvalue weighted by molar-refractivity contribution is 5.96. The number of carbonyl (C=O) groups excluding carboxylic acids is 1. The number of anilines is 1. The molecule has 0 saturated heterocycles. The van der Waals surface area contributed by atoms with Gasteiger partial charge in [0.2, 0.25) is 0 Å². The first-order valence-electron chi connectivity index (χ1n) is 6.94. The van der Waals surface area contributed by atoms with Crippen LogP contribution in [0.2, 0.25) is 0 Å². The molecule has 2 N–H and O–H groups in total. The van der Waals surface area contributed by atoms with Crippen molar-refractivity contribution in [1.82, 2.24) is 4.90 Å². The Kier molecular flexibility index (Phi) is 4.82. The Morgan fingerprint density at radius 2 is 1.81 bits per heavy atom. The van der Waals surface area contributed by atoms with E-state index in [0.29, 0.717) is 30.2 Å². The lowest BCUT2D eigenvalue weighted by molar-refractivity contribution is 0.0781. The maximum absolute atomic E-state index is 12.6.